The summed E-state index contributed by atoms with van der Waals surface area (Å²) >= 11 is 1.23. The average molecular weight is 414 g/mol. The van der Waals surface area contributed by atoms with Crippen molar-refractivity contribution < 1.29 is 9.50 Å². The zero-order valence-corrected chi connectivity index (χ0v) is 17.7. The Balaban J connectivity index is 1.87. The molecule has 0 bridgehead atoms. The Morgan fingerprint density at radius 2 is 2.03 bits per heavy atom. The maximum absolute atomic E-state index is 14.6. The van der Waals surface area contributed by atoms with Crippen molar-refractivity contribution in [3.8, 4) is 0 Å². The summed E-state index contributed by atoms with van der Waals surface area (Å²) in [4.78, 5) is 9.27. The lowest BCUT2D eigenvalue weighted by Gasteiger charge is -2.22. The molecule has 1 aromatic heterocycles. The van der Waals surface area contributed by atoms with Gasteiger partial charge < -0.3 is 15.8 Å². The van der Waals surface area contributed by atoms with Crippen LogP contribution in [0.2, 0.25) is 0 Å². The molecule has 29 heavy (non-hydrogen) atoms. The molecule has 1 aliphatic rings. The molecule has 0 saturated carbocycles. The molecule has 0 spiro atoms. The minimum Gasteiger partial charge on any atom is -0.385 e. The number of fused-ring (bicyclic) bond motifs is 1. The molecule has 6 nitrogen and oxygen atoms in total. The fraction of sp³-hybridized carbons (Fsp3) is 0.333. The molecule has 152 valence electrons. The van der Waals surface area contributed by atoms with Gasteiger partial charge in [-0.05, 0) is 44.4 Å². The van der Waals surface area contributed by atoms with Gasteiger partial charge in [-0.3, -0.25) is 5.41 Å². The van der Waals surface area contributed by atoms with Gasteiger partial charge in [0.25, 0.3) is 0 Å². The summed E-state index contributed by atoms with van der Waals surface area (Å²) in [5.74, 6) is 0.130. The van der Waals surface area contributed by atoms with E-state index in [0.717, 1.165) is 0 Å². The highest BCUT2D eigenvalue weighted by atomic mass is 32.2. The summed E-state index contributed by atoms with van der Waals surface area (Å²) in [5, 5.41) is 29.9. The first kappa shape index (κ1) is 21.1. The smallest absolute Gasteiger partial charge is 0.144 e. The van der Waals surface area contributed by atoms with Gasteiger partial charge in [-0.1, -0.05) is 30.8 Å². The molecule has 1 aromatic carbocycles. The Kier molecular flexibility index (Phi) is 5.86. The zero-order chi connectivity index (χ0) is 21.3. The molecule has 0 fully saturated rings. The Bertz CT molecular complexity index is 1030. The summed E-state index contributed by atoms with van der Waals surface area (Å²) in [6.45, 7) is 7.21. The third-order valence-electron chi connectivity index (χ3n) is 5.22. The molecule has 0 aliphatic carbocycles. The molecule has 1 atom stereocenters. The van der Waals surface area contributed by atoms with Crippen LogP contribution in [0.4, 0.5) is 10.2 Å². The van der Waals surface area contributed by atoms with Gasteiger partial charge in [0.2, 0.25) is 0 Å². The van der Waals surface area contributed by atoms with E-state index in [9.17, 15) is 9.50 Å². The van der Waals surface area contributed by atoms with Crippen LogP contribution in [-0.2, 0) is 12.1 Å². The third kappa shape index (κ3) is 4.09. The van der Waals surface area contributed by atoms with Gasteiger partial charge in [-0.2, -0.15) is 0 Å². The number of thioether (sulfide) groups is 1. The number of benzene rings is 1. The first-order valence-electron chi connectivity index (χ1n) is 9.29. The van der Waals surface area contributed by atoms with Crippen molar-refractivity contribution in [2.75, 3.05) is 5.32 Å². The van der Waals surface area contributed by atoms with Crippen molar-refractivity contribution >= 4 is 33.9 Å². The molecule has 2 heterocycles. The molecule has 3 rings (SSSR count). The molecule has 0 amide bonds. The predicted octanol–water partition coefficient (Wildman–Crippen LogP) is 4.74. The lowest BCUT2D eigenvalue weighted by Crippen LogP contribution is -2.20. The quantitative estimate of drug-likeness (QED) is 0.512. The maximum atomic E-state index is 14.6. The Hall–Kier alpha value is -2.58. The Morgan fingerprint density at radius 3 is 2.66 bits per heavy atom. The highest BCUT2D eigenvalue weighted by Gasteiger charge is 2.29. The van der Waals surface area contributed by atoms with E-state index in [0.29, 0.717) is 55.9 Å². The van der Waals surface area contributed by atoms with Crippen LogP contribution in [0.3, 0.4) is 0 Å². The molecule has 1 unspecified atom stereocenters. The summed E-state index contributed by atoms with van der Waals surface area (Å²) in [5.41, 5.74) is 2.28. The summed E-state index contributed by atoms with van der Waals surface area (Å²) in [7, 11) is 0. The summed E-state index contributed by atoms with van der Waals surface area (Å²) in [6, 6.07) is 4.76. The third-order valence-corrected chi connectivity index (χ3v) is 6.22. The van der Waals surface area contributed by atoms with Crippen LogP contribution in [-0.4, -0.2) is 25.8 Å². The molecular formula is C21H24FN5OS. The van der Waals surface area contributed by atoms with E-state index < -0.39 is 11.4 Å². The second kappa shape index (κ2) is 8.04. The fourth-order valence-electron chi connectivity index (χ4n) is 2.98. The van der Waals surface area contributed by atoms with E-state index in [2.05, 4.69) is 15.3 Å². The van der Waals surface area contributed by atoms with Crippen LogP contribution < -0.4 is 5.32 Å². The molecule has 2 aromatic rings. The first-order valence-corrected chi connectivity index (χ1v) is 10.1. The standard InChI is InChI=1S/C21H24FN5OS/c1-5-21(4,28)14-7-6-13(15(22)8-14)9-25-20-18-17(26-10-27-20)16(19(24)29-18)11(2)12(3)23/h6-8,10,23-24,28H,5,9H2,1-4H3,(H,25,26,27)/b16-11-,23-12?,24-19?. The minimum absolute atomic E-state index is 0.208. The van der Waals surface area contributed by atoms with Gasteiger partial charge in [0.05, 0.1) is 16.2 Å². The predicted molar refractivity (Wildman–Crippen MR) is 115 cm³/mol. The van der Waals surface area contributed by atoms with Gasteiger partial charge in [0.1, 0.15) is 23.0 Å². The van der Waals surface area contributed by atoms with Gasteiger partial charge in [-0.15, -0.1) is 0 Å². The SMILES string of the molecule is CCC(C)(O)c1ccc(CNc2ncnc3c2SC(=N)/C3=C(/C)C(C)=N)c(F)c1. The molecule has 4 N–H and O–H groups in total. The second-order valence-electron chi connectivity index (χ2n) is 7.24. The molecular weight excluding hydrogens is 389 g/mol. The van der Waals surface area contributed by atoms with Crippen molar-refractivity contribution in [1.29, 1.82) is 10.8 Å². The molecule has 8 heteroatoms. The van der Waals surface area contributed by atoms with E-state index in [1.807, 2.05) is 6.92 Å². The number of allylic oxidation sites excluding steroid dienone is 1. The molecule has 0 saturated heterocycles. The largest absolute Gasteiger partial charge is 0.385 e. The van der Waals surface area contributed by atoms with Gasteiger partial charge in [-0.25, -0.2) is 14.4 Å². The number of aliphatic hydroxyl groups is 1. The second-order valence-corrected chi connectivity index (χ2v) is 8.26. The fourth-order valence-corrected chi connectivity index (χ4v) is 4.01. The number of nitrogens with one attached hydrogen (secondary N) is 3. The van der Waals surface area contributed by atoms with Gasteiger partial charge in [0, 0.05) is 23.4 Å². The van der Waals surface area contributed by atoms with Crippen LogP contribution >= 0.6 is 11.8 Å². The van der Waals surface area contributed by atoms with Gasteiger partial charge >= 0.3 is 0 Å². The van der Waals surface area contributed by atoms with Crippen LogP contribution in [0.1, 0.15) is 50.9 Å². The van der Waals surface area contributed by atoms with E-state index in [1.54, 1.807) is 32.9 Å². The van der Waals surface area contributed by atoms with E-state index in [4.69, 9.17) is 10.8 Å². The number of anilines is 1. The normalized spacial score (nSPS) is 17.0. The summed E-state index contributed by atoms with van der Waals surface area (Å²) < 4.78 is 14.6. The number of nitrogens with zero attached hydrogens (tertiary/aromatic N) is 2. The number of halogens is 1. The number of rotatable bonds is 6. The topological polar surface area (TPSA) is 106 Å². The monoisotopic (exact) mass is 413 g/mol. The average Bonchev–Trinajstić information content (AvgIpc) is 3.02. The Morgan fingerprint density at radius 1 is 1.31 bits per heavy atom. The van der Waals surface area contributed by atoms with Crippen LogP contribution in [0.5, 0.6) is 0 Å². The Labute approximate surface area is 173 Å². The van der Waals surface area contributed by atoms with Crippen LogP contribution in [0.15, 0.2) is 35.0 Å². The zero-order valence-electron chi connectivity index (χ0n) is 16.9. The van der Waals surface area contributed by atoms with E-state index >= 15 is 0 Å². The molecule has 1 aliphatic heterocycles. The van der Waals surface area contributed by atoms with Crippen molar-refractivity contribution in [1.82, 2.24) is 9.97 Å². The van der Waals surface area contributed by atoms with Crippen LogP contribution in [0, 0.1) is 16.6 Å². The lowest BCUT2D eigenvalue weighted by atomic mass is 9.92. The number of aromatic nitrogens is 2. The maximum Gasteiger partial charge on any atom is 0.144 e. The van der Waals surface area contributed by atoms with Crippen LogP contribution in [0.25, 0.3) is 5.57 Å². The highest BCUT2D eigenvalue weighted by Crippen LogP contribution is 2.44. The number of hydrogen-bond donors (Lipinski definition) is 4. The van der Waals surface area contributed by atoms with Gasteiger partial charge in [0.15, 0.2) is 0 Å². The van der Waals surface area contributed by atoms with Crippen molar-refractivity contribution in [3.63, 3.8) is 0 Å². The van der Waals surface area contributed by atoms with Crippen molar-refractivity contribution in [3.05, 3.63) is 52.7 Å². The van der Waals surface area contributed by atoms with E-state index in [1.165, 1.54) is 24.2 Å². The van der Waals surface area contributed by atoms with E-state index in [-0.39, 0.29) is 6.54 Å². The molecule has 0 radical (unpaired) electrons. The summed E-state index contributed by atoms with van der Waals surface area (Å²) in [6.07, 6.45) is 1.90. The highest BCUT2D eigenvalue weighted by molar-refractivity contribution is 8.15. The lowest BCUT2D eigenvalue weighted by molar-refractivity contribution is 0.0527. The van der Waals surface area contributed by atoms with Crippen molar-refractivity contribution in [2.24, 2.45) is 0 Å². The van der Waals surface area contributed by atoms with Crippen molar-refractivity contribution in [2.45, 2.75) is 51.2 Å². The first-order chi connectivity index (χ1) is 13.7. The minimum atomic E-state index is -1.06. The number of hydrogen-bond acceptors (Lipinski definition) is 7.